The van der Waals surface area contributed by atoms with Crippen molar-refractivity contribution < 1.29 is 14.3 Å². The Bertz CT molecular complexity index is 1440. The molecule has 0 unspecified atom stereocenters. The van der Waals surface area contributed by atoms with E-state index in [2.05, 4.69) is 49.2 Å². The minimum atomic E-state index is 0.0802. The fraction of sp³-hybridized carbons (Fsp3) is 0.333. The van der Waals surface area contributed by atoms with E-state index < -0.39 is 0 Å². The lowest BCUT2D eigenvalue weighted by Crippen LogP contribution is -2.49. The Morgan fingerprint density at radius 3 is 2.74 bits per heavy atom. The molecule has 0 aliphatic carbocycles. The third-order valence-electron chi connectivity index (χ3n) is 7.38. The third-order valence-corrected chi connectivity index (χ3v) is 7.38. The molecule has 0 bridgehead atoms. The van der Waals surface area contributed by atoms with Crippen LogP contribution < -0.4 is 15.4 Å². The number of hydrogen-bond donors (Lipinski definition) is 2. The van der Waals surface area contributed by atoms with E-state index in [4.69, 9.17) is 9.47 Å². The number of carbonyl (C=O) groups excluding carboxylic acids is 1. The van der Waals surface area contributed by atoms with Gasteiger partial charge in [0.15, 0.2) is 5.65 Å². The summed E-state index contributed by atoms with van der Waals surface area (Å²) in [6.07, 6.45) is 3.79. The van der Waals surface area contributed by atoms with E-state index in [9.17, 15) is 4.79 Å². The average molecular weight is 527 g/mol. The molecule has 1 fully saturated rings. The van der Waals surface area contributed by atoms with Crippen LogP contribution in [0.1, 0.15) is 22.8 Å². The molecule has 9 nitrogen and oxygen atoms in total. The standard InChI is InChI=1S/C30H34N6O3/c1-2-38-18-17-34-13-15-35(16-14-34)30(37)22-3-6-25(7-4-22)33-26-8-9-27(36-12-11-32-29(26)36)23-5-10-28-24(19-23)20-31-21-39-28/h3-12,19,31,33H,2,13-18,20-21H2,1H3. The minimum Gasteiger partial charge on any atom is -0.478 e. The van der Waals surface area contributed by atoms with Crippen LogP contribution in [-0.4, -0.2) is 77.8 Å². The van der Waals surface area contributed by atoms with Gasteiger partial charge in [0, 0.05) is 75.1 Å². The number of amides is 1. The van der Waals surface area contributed by atoms with Crippen LogP contribution in [0.5, 0.6) is 5.75 Å². The fourth-order valence-electron chi connectivity index (χ4n) is 5.23. The normalized spacial score (nSPS) is 15.7. The molecular weight excluding hydrogens is 492 g/mol. The highest BCUT2D eigenvalue weighted by Crippen LogP contribution is 2.31. The third kappa shape index (κ3) is 5.47. The highest BCUT2D eigenvalue weighted by atomic mass is 16.5. The summed E-state index contributed by atoms with van der Waals surface area (Å²) in [4.78, 5) is 22.0. The number of imidazole rings is 1. The lowest BCUT2D eigenvalue weighted by Gasteiger charge is -2.34. The molecule has 4 heterocycles. The van der Waals surface area contributed by atoms with Crippen molar-refractivity contribution in [2.45, 2.75) is 13.5 Å². The molecule has 1 saturated heterocycles. The number of pyridine rings is 1. The highest BCUT2D eigenvalue weighted by Gasteiger charge is 2.22. The molecule has 2 aliphatic rings. The SMILES string of the molecule is CCOCCN1CCN(C(=O)c2ccc(Nc3ccc(-c4ccc5c(c4)CNCO5)n4ccnc34)cc2)CC1. The minimum absolute atomic E-state index is 0.0802. The van der Waals surface area contributed by atoms with Gasteiger partial charge in [-0.3, -0.25) is 19.4 Å². The Hall–Kier alpha value is -3.92. The van der Waals surface area contributed by atoms with Crippen molar-refractivity contribution in [3.05, 3.63) is 78.1 Å². The maximum Gasteiger partial charge on any atom is 0.253 e. The summed E-state index contributed by atoms with van der Waals surface area (Å²) in [7, 11) is 0. The molecule has 2 aromatic heterocycles. The zero-order valence-electron chi connectivity index (χ0n) is 22.2. The van der Waals surface area contributed by atoms with Crippen molar-refractivity contribution in [2.75, 3.05) is 58.0 Å². The molecule has 2 aliphatic heterocycles. The summed E-state index contributed by atoms with van der Waals surface area (Å²) in [5.41, 5.74) is 6.65. The van der Waals surface area contributed by atoms with Gasteiger partial charge in [-0.1, -0.05) is 0 Å². The molecule has 4 aromatic rings. The monoisotopic (exact) mass is 526 g/mol. The number of nitrogens with one attached hydrogen (secondary N) is 2. The Morgan fingerprint density at radius 2 is 1.92 bits per heavy atom. The second-order valence-electron chi connectivity index (χ2n) is 9.82. The van der Waals surface area contributed by atoms with Gasteiger partial charge in [-0.2, -0.15) is 0 Å². The number of ether oxygens (including phenoxy) is 2. The van der Waals surface area contributed by atoms with Gasteiger partial charge >= 0.3 is 0 Å². The van der Waals surface area contributed by atoms with Crippen LogP contribution in [0, 0.1) is 0 Å². The van der Waals surface area contributed by atoms with Crippen molar-refractivity contribution >= 4 is 22.9 Å². The first-order valence-corrected chi connectivity index (χ1v) is 13.6. The van der Waals surface area contributed by atoms with E-state index in [0.29, 0.717) is 12.3 Å². The van der Waals surface area contributed by atoms with Crippen LogP contribution in [0.15, 0.2) is 67.0 Å². The molecule has 0 spiro atoms. The maximum absolute atomic E-state index is 13.1. The van der Waals surface area contributed by atoms with Gasteiger partial charge in [0.1, 0.15) is 12.5 Å². The quantitative estimate of drug-likeness (QED) is 0.336. The number of carbonyl (C=O) groups is 1. The summed E-state index contributed by atoms with van der Waals surface area (Å²) in [6.45, 7) is 8.98. The zero-order chi connectivity index (χ0) is 26.6. The summed E-state index contributed by atoms with van der Waals surface area (Å²) in [6, 6.07) is 18.1. The lowest BCUT2D eigenvalue weighted by atomic mass is 10.1. The molecule has 2 aromatic carbocycles. The smallest absolute Gasteiger partial charge is 0.253 e. The van der Waals surface area contributed by atoms with Crippen LogP contribution in [-0.2, 0) is 11.3 Å². The Morgan fingerprint density at radius 1 is 1.08 bits per heavy atom. The predicted molar refractivity (Wildman–Crippen MR) is 152 cm³/mol. The number of aromatic nitrogens is 2. The topological polar surface area (TPSA) is 83.4 Å². The molecule has 0 saturated carbocycles. The second kappa shape index (κ2) is 11.4. The predicted octanol–water partition coefficient (Wildman–Crippen LogP) is 3.98. The van der Waals surface area contributed by atoms with Crippen molar-refractivity contribution in [1.29, 1.82) is 0 Å². The largest absolute Gasteiger partial charge is 0.478 e. The zero-order valence-corrected chi connectivity index (χ0v) is 22.2. The first-order chi connectivity index (χ1) is 19.2. The molecule has 2 N–H and O–H groups in total. The van der Waals surface area contributed by atoms with Crippen LogP contribution in [0.4, 0.5) is 11.4 Å². The van der Waals surface area contributed by atoms with Gasteiger partial charge in [0.05, 0.1) is 18.0 Å². The van der Waals surface area contributed by atoms with Gasteiger partial charge in [0.25, 0.3) is 5.91 Å². The number of anilines is 2. The molecular formula is C30H34N6O3. The Kier molecular flexibility index (Phi) is 7.44. The average Bonchev–Trinajstić information content (AvgIpc) is 3.48. The fourth-order valence-corrected chi connectivity index (χ4v) is 5.23. The van der Waals surface area contributed by atoms with Gasteiger partial charge < -0.3 is 19.7 Å². The van der Waals surface area contributed by atoms with Crippen LogP contribution in [0.2, 0.25) is 0 Å². The number of piperazine rings is 1. The second-order valence-corrected chi connectivity index (χ2v) is 9.82. The summed E-state index contributed by atoms with van der Waals surface area (Å²) in [5, 5.41) is 6.73. The van der Waals surface area contributed by atoms with Gasteiger partial charge in [-0.25, -0.2) is 4.98 Å². The number of hydrogen-bond acceptors (Lipinski definition) is 7. The van der Waals surface area contributed by atoms with Gasteiger partial charge in [0.2, 0.25) is 0 Å². The summed E-state index contributed by atoms with van der Waals surface area (Å²) < 4.78 is 13.2. The lowest BCUT2D eigenvalue weighted by molar-refractivity contribution is 0.0565. The highest BCUT2D eigenvalue weighted by molar-refractivity contribution is 5.94. The Labute approximate surface area is 228 Å². The Balaban J connectivity index is 1.13. The summed E-state index contributed by atoms with van der Waals surface area (Å²) in [5.74, 6) is 1.01. The molecule has 9 heteroatoms. The number of fused-ring (bicyclic) bond motifs is 2. The van der Waals surface area contributed by atoms with Crippen molar-refractivity contribution in [3.8, 4) is 17.0 Å². The van der Waals surface area contributed by atoms with Gasteiger partial charge in [-0.15, -0.1) is 0 Å². The number of benzene rings is 2. The molecule has 1 amide bonds. The molecule has 202 valence electrons. The van der Waals surface area contributed by atoms with E-state index in [-0.39, 0.29) is 5.91 Å². The molecule has 39 heavy (non-hydrogen) atoms. The van der Waals surface area contributed by atoms with E-state index in [1.54, 1.807) is 0 Å². The van der Waals surface area contributed by atoms with E-state index in [1.165, 1.54) is 0 Å². The van der Waals surface area contributed by atoms with Crippen molar-refractivity contribution in [3.63, 3.8) is 0 Å². The van der Waals surface area contributed by atoms with E-state index in [1.807, 2.05) is 54.5 Å². The molecule has 0 radical (unpaired) electrons. The van der Waals surface area contributed by atoms with Crippen LogP contribution in [0.3, 0.4) is 0 Å². The number of rotatable bonds is 8. The van der Waals surface area contributed by atoms with Crippen LogP contribution in [0.25, 0.3) is 16.9 Å². The molecule has 6 rings (SSSR count). The van der Waals surface area contributed by atoms with Crippen molar-refractivity contribution in [1.82, 2.24) is 24.5 Å². The van der Waals surface area contributed by atoms with Crippen molar-refractivity contribution in [2.24, 2.45) is 0 Å². The first-order valence-electron chi connectivity index (χ1n) is 13.6. The van der Waals surface area contributed by atoms with E-state index in [0.717, 1.165) is 92.1 Å². The number of nitrogens with zero attached hydrogens (tertiary/aromatic N) is 4. The summed E-state index contributed by atoms with van der Waals surface area (Å²) >= 11 is 0. The molecule has 0 atom stereocenters. The van der Waals surface area contributed by atoms with Gasteiger partial charge in [-0.05, 0) is 67.1 Å². The van der Waals surface area contributed by atoms with Crippen LogP contribution >= 0.6 is 0 Å². The van der Waals surface area contributed by atoms with E-state index >= 15 is 0 Å². The maximum atomic E-state index is 13.1. The first kappa shape index (κ1) is 25.4.